The number of hydrogen-bond donors (Lipinski definition) is 2. The van der Waals surface area contributed by atoms with E-state index in [0.29, 0.717) is 26.2 Å². The summed E-state index contributed by atoms with van der Waals surface area (Å²) in [5.41, 5.74) is 1.96. The van der Waals surface area contributed by atoms with Gasteiger partial charge in [-0.1, -0.05) is 24.6 Å². The zero-order chi connectivity index (χ0) is 21.5. The van der Waals surface area contributed by atoms with E-state index in [9.17, 15) is 14.4 Å². The Bertz CT molecular complexity index is 939. The van der Waals surface area contributed by atoms with Crippen LogP contribution >= 0.6 is 0 Å². The van der Waals surface area contributed by atoms with Gasteiger partial charge in [-0.25, -0.2) is 9.48 Å². The van der Waals surface area contributed by atoms with Gasteiger partial charge < -0.3 is 15.5 Å². The third-order valence-corrected chi connectivity index (χ3v) is 5.19. The van der Waals surface area contributed by atoms with Crippen molar-refractivity contribution in [2.45, 2.75) is 39.7 Å². The van der Waals surface area contributed by atoms with Gasteiger partial charge in [-0.05, 0) is 50.3 Å². The van der Waals surface area contributed by atoms with Crippen molar-refractivity contribution < 1.29 is 9.59 Å². The van der Waals surface area contributed by atoms with Crippen LogP contribution in [0, 0.1) is 12.8 Å². The van der Waals surface area contributed by atoms with Crippen LogP contribution in [0.15, 0.2) is 41.2 Å². The van der Waals surface area contributed by atoms with Gasteiger partial charge in [0.2, 0.25) is 0 Å². The highest BCUT2D eigenvalue weighted by Crippen LogP contribution is 2.17. The van der Waals surface area contributed by atoms with E-state index < -0.39 is 0 Å². The number of benzene rings is 1. The van der Waals surface area contributed by atoms with Crippen LogP contribution in [0.3, 0.4) is 0 Å². The second kappa shape index (κ2) is 10.0. The average molecular weight is 412 g/mol. The molecule has 0 saturated carbocycles. The topological polar surface area (TPSA) is 96.3 Å². The Morgan fingerprint density at radius 1 is 1.17 bits per heavy atom. The average Bonchev–Trinajstić information content (AvgIpc) is 2.75. The number of carbonyl (C=O) groups is 2. The highest BCUT2D eigenvalue weighted by molar-refractivity contribution is 5.92. The number of carbonyl (C=O) groups excluding carboxylic acids is 2. The van der Waals surface area contributed by atoms with Gasteiger partial charge in [-0.2, -0.15) is 5.10 Å². The van der Waals surface area contributed by atoms with Gasteiger partial charge in [0.15, 0.2) is 0 Å². The number of aromatic nitrogens is 2. The lowest BCUT2D eigenvalue weighted by Crippen LogP contribution is -2.45. The van der Waals surface area contributed by atoms with Crippen LogP contribution in [0.25, 0.3) is 0 Å². The van der Waals surface area contributed by atoms with Crippen molar-refractivity contribution in [1.82, 2.24) is 20.0 Å². The summed E-state index contributed by atoms with van der Waals surface area (Å²) in [6.07, 6.45) is 2.58. The first kappa shape index (κ1) is 21.5. The zero-order valence-electron chi connectivity index (χ0n) is 17.6. The SMILES string of the molecule is CCCn1nc(C(=O)N2CCCC(CNC(=O)Nc3ccc(C)cc3)C2)ccc1=O. The van der Waals surface area contributed by atoms with Crippen molar-refractivity contribution in [1.29, 1.82) is 0 Å². The first-order valence-corrected chi connectivity index (χ1v) is 10.4. The maximum atomic E-state index is 12.9. The van der Waals surface area contributed by atoms with Gasteiger partial charge in [0.1, 0.15) is 5.69 Å². The molecule has 1 aliphatic heterocycles. The van der Waals surface area contributed by atoms with E-state index in [1.165, 1.54) is 16.8 Å². The third kappa shape index (κ3) is 5.68. The first-order chi connectivity index (χ1) is 14.5. The fraction of sp³-hybridized carbons (Fsp3) is 0.455. The lowest BCUT2D eigenvalue weighted by molar-refractivity contribution is 0.0666. The molecule has 0 radical (unpaired) electrons. The Labute approximate surface area is 176 Å². The van der Waals surface area contributed by atoms with E-state index in [1.807, 2.05) is 38.1 Å². The molecular weight excluding hydrogens is 382 g/mol. The molecule has 1 atom stereocenters. The molecule has 0 aliphatic carbocycles. The van der Waals surface area contributed by atoms with E-state index in [2.05, 4.69) is 15.7 Å². The summed E-state index contributed by atoms with van der Waals surface area (Å²) >= 11 is 0. The number of anilines is 1. The van der Waals surface area contributed by atoms with Crippen molar-refractivity contribution in [3.05, 3.63) is 58.0 Å². The highest BCUT2D eigenvalue weighted by atomic mass is 16.2. The normalized spacial score (nSPS) is 16.2. The molecule has 0 spiro atoms. The lowest BCUT2D eigenvalue weighted by Gasteiger charge is -2.32. The van der Waals surface area contributed by atoms with Crippen molar-refractivity contribution in [3.8, 4) is 0 Å². The van der Waals surface area contributed by atoms with E-state index >= 15 is 0 Å². The Kier molecular flexibility index (Phi) is 7.21. The second-order valence-electron chi connectivity index (χ2n) is 7.74. The number of nitrogens with one attached hydrogen (secondary N) is 2. The smallest absolute Gasteiger partial charge is 0.319 e. The third-order valence-electron chi connectivity index (χ3n) is 5.19. The van der Waals surface area contributed by atoms with Crippen LogP contribution in [-0.4, -0.2) is 46.3 Å². The molecule has 1 aromatic heterocycles. The molecule has 0 bridgehead atoms. The monoisotopic (exact) mass is 411 g/mol. The quantitative estimate of drug-likeness (QED) is 0.764. The van der Waals surface area contributed by atoms with Crippen LogP contribution in [-0.2, 0) is 6.54 Å². The number of hydrogen-bond acceptors (Lipinski definition) is 4. The largest absolute Gasteiger partial charge is 0.338 e. The van der Waals surface area contributed by atoms with Crippen molar-refractivity contribution >= 4 is 17.6 Å². The maximum Gasteiger partial charge on any atom is 0.319 e. The number of piperidine rings is 1. The molecule has 1 fully saturated rings. The maximum absolute atomic E-state index is 12.9. The van der Waals surface area contributed by atoms with Crippen LogP contribution in [0.2, 0.25) is 0 Å². The molecule has 30 heavy (non-hydrogen) atoms. The Balaban J connectivity index is 1.54. The summed E-state index contributed by atoms with van der Waals surface area (Å²) < 4.78 is 1.34. The minimum Gasteiger partial charge on any atom is -0.338 e. The fourth-order valence-corrected chi connectivity index (χ4v) is 3.56. The molecule has 8 nitrogen and oxygen atoms in total. The number of aryl methyl sites for hydroxylation is 2. The molecule has 1 unspecified atom stereocenters. The molecule has 2 N–H and O–H groups in total. The minimum absolute atomic E-state index is 0.173. The summed E-state index contributed by atoms with van der Waals surface area (Å²) in [4.78, 5) is 38.6. The molecule has 1 saturated heterocycles. The molecule has 2 aromatic rings. The molecular formula is C22H29N5O3. The first-order valence-electron chi connectivity index (χ1n) is 10.4. The van der Waals surface area contributed by atoms with Gasteiger partial charge >= 0.3 is 6.03 Å². The second-order valence-corrected chi connectivity index (χ2v) is 7.74. The standard InChI is InChI=1S/C22H29N5O3/c1-3-12-27-20(28)11-10-19(25-27)21(29)26-13-4-5-17(15-26)14-23-22(30)24-18-8-6-16(2)7-9-18/h6-11,17H,3-5,12-15H2,1-2H3,(H2,23,24,30). The number of amides is 3. The summed E-state index contributed by atoms with van der Waals surface area (Å²) in [6, 6.07) is 10.2. The van der Waals surface area contributed by atoms with E-state index in [1.54, 1.807) is 4.90 Å². The molecule has 2 heterocycles. The van der Waals surface area contributed by atoms with E-state index in [-0.39, 0.29) is 29.1 Å². The van der Waals surface area contributed by atoms with Crippen LogP contribution in [0.5, 0.6) is 0 Å². The van der Waals surface area contributed by atoms with Crippen LogP contribution in [0.1, 0.15) is 42.2 Å². The predicted molar refractivity (Wildman–Crippen MR) is 116 cm³/mol. The lowest BCUT2D eigenvalue weighted by atomic mass is 9.97. The summed E-state index contributed by atoms with van der Waals surface area (Å²) in [5, 5.41) is 9.94. The van der Waals surface area contributed by atoms with Crippen LogP contribution in [0.4, 0.5) is 10.5 Å². The number of rotatable bonds is 6. The molecule has 160 valence electrons. The van der Waals surface area contributed by atoms with E-state index in [4.69, 9.17) is 0 Å². The molecule has 3 amide bonds. The molecule has 1 aromatic carbocycles. The summed E-state index contributed by atoms with van der Waals surface area (Å²) in [6.45, 7) is 6.14. The Hall–Kier alpha value is -3.16. The van der Waals surface area contributed by atoms with Crippen molar-refractivity contribution in [2.75, 3.05) is 25.0 Å². The number of urea groups is 1. The molecule has 1 aliphatic rings. The van der Waals surface area contributed by atoms with Gasteiger partial charge in [0.05, 0.1) is 0 Å². The summed E-state index contributed by atoms with van der Waals surface area (Å²) in [7, 11) is 0. The highest BCUT2D eigenvalue weighted by Gasteiger charge is 2.26. The van der Waals surface area contributed by atoms with Crippen LogP contribution < -0.4 is 16.2 Å². The van der Waals surface area contributed by atoms with Crippen molar-refractivity contribution in [3.63, 3.8) is 0 Å². The van der Waals surface area contributed by atoms with Gasteiger partial charge in [-0.3, -0.25) is 9.59 Å². The number of likely N-dealkylation sites (tertiary alicyclic amines) is 1. The van der Waals surface area contributed by atoms with Gasteiger partial charge in [0, 0.05) is 37.9 Å². The van der Waals surface area contributed by atoms with Crippen molar-refractivity contribution in [2.24, 2.45) is 5.92 Å². The Morgan fingerprint density at radius 2 is 1.93 bits per heavy atom. The predicted octanol–water partition coefficient (Wildman–Crippen LogP) is 2.64. The number of nitrogens with zero attached hydrogens (tertiary/aromatic N) is 3. The summed E-state index contributed by atoms with van der Waals surface area (Å²) in [5.74, 6) is 0.00155. The minimum atomic E-state index is -0.254. The zero-order valence-corrected chi connectivity index (χ0v) is 17.6. The molecule has 8 heteroatoms. The Morgan fingerprint density at radius 3 is 2.67 bits per heavy atom. The fourth-order valence-electron chi connectivity index (χ4n) is 3.56. The van der Waals surface area contributed by atoms with E-state index in [0.717, 1.165) is 30.5 Å². The van der Waals surface area contributed by atoms with Gasteiger partial charge in [0.25, 0.3) is 11.5 Å². The molecule has 3 rings (SSSR count). The van der Waals surface area contributed by atoms with Gasteiger partial charge in [-0.15, -0.1) is 0 Å².